The van der Waals surface area contributed by atoms with Crippen molar-refractivity contribution >= 4 is 71.4 Å². The molecule has 0 saturated heterocycles. The molecule has 0 N–H and O–H groups in total. The van der Waals surface area contributed by atoms with E-state index < -0.39 is 0 Å². The van der Waals surface area contributed by atoms with Crippen molar-refractivity contribution in [2.24, 2.45) is 0 Å². The summed E-state index contributed by atoms with van der Waals surface area (Å²) < 4.78 is 4.43. The summed E-state index contributed by atoms with van der Waals surface area (Å²) in [6.07, 6.45) is 0. The Kier molecular flexibility index (Phi) is 7.64. The quantitative estimate of drug-likeness (QED) is 0.174. The van der Waals surface area contributed by atoms with Crippen LogP contribution >= 0.6 is 0 Å². The minimum absolute atomic E-state index is 0.350. The zero-order chi connectivity index (χ0) is 41.7. The first kappa shape index (κ1) is 35.6. The average molecular weight is 792 g/mol. The number of aromatic nitrogens is 2. The van der Waals surface area contributed by atoms with E-state index in [1.54, 1.807) is 0 Å². The molecule has 0 spiro atoms. The molecule has 5 nitrogen and oxygen atoms in total. The van der Waals surface area contributed by atoms with Crippen molar-refractivity contribution in [2.75, 3.05) is 4.90 Å². The van der Waals surface area contributed by atoms with E-state index in [1.165, 1.54) is 22.3 Å². The lowest BCUT2D eigenvalue weighted by molar-refractivity contribution is 0.664. The van der Waals surface area contributed by atoms with Crippen molar-refractivity contribution in [3.05, 3.63) is 210 Å². The SMILES string of the molecule is CC1(C)c2ccccc2-c2ccc3c4cc(N(c5ccccc5)c5ccccc5)ccc4n(-c4cc(C#N)c(-n5c6ccccc6c6c7ccccc7ccc65)cc4C#N)c3c21. The molecule has 11 aromatic rings. The average Bonchev–Trinajstić information content (AvgIpc) is 3.92. The Morgan fingerprint density at radius 1 is 0.452 bits per heavy atom. The van der Waals surface area contributed by atoms with Gasteiger partial charge in [-0.15, -0.1) is 0 Å². The van der Waals surface area contributed by atoms with Gasteiger partial charge in [0.05, 0.1) is 44.6 Å². The Hall–Kier alpha value is -8.38. The van der Waals surface area contributed by atoms with E-state index in [-0.39, 0.29) is 5.41 Å². The van der Waals surface area contributed by atoms with Crippen molar-refractivity contribution in [1.29, 1.82) is 10.5 Å². The second-order valence-electron chi connectivity index (χ2n) is 16.7. The number of benzene rings is 9. The lowest BCUT2D eigenvalue weighted by Crippen LogP contribution is -2.16. The molecule has 12 rings (SSSR count). The molecular formula is C57H37N5. The molecule has 0 amide bonds. The van der Waals surface area contributed by atoms with Crippen LogP contribution in [0.3, 0.4) is 0 Å². The second kappa shape index (κ2) is 13.3. The number of nitriles is 2. The highest BCUT2D eigenvalue weighted by Crippen LogP contribution is 2.53. The van der Waals surface area contributed by atoms with Gasteiger partial charge in [0, 0.05) is 44.0 Å². The highest BCUT2D eigenvalue weighted by atomic mass is 15.1. The minimum Gasteiger partial charge on any atom is -0.310 e. The summed E-state index contributed by atoms with van der Waals surface area (Å²) in [6, 6.07) is 70.9. The van der Waals surface area contributed by atoms with Crippen LogP contribution in [0.15, 0.2) is 188 Å². The van der Waals surface area contributed by atoms with Gasteiger partial charge in [0.15, 0.2) is 0 Å². The molecule has 9 aromatic carbocycles. The van der Waals surface area contributed by atoms with Crippen LogP contribution < -0.4 is 4.90 Å². The van der Waals surface area contributed by atoms with Crippen LogP contribution in [0.5, 0.6) is 0 Å². The highest BCUT2D eigenvalue weighted by Gasteiger charge is 2.39. The van der Waals surface area contributed by atoms with E-state index in [0.717, 1.165) is 71.4 Å². The fourth-order valence-corrected chi connectivity index (χ4v) is 10.5. The third-order valence-corrected chi connectivity index (χ3v) is 13.1. The molecule has 0 atom stereocenters. The molecule has 0 saturated carbocycles. The topological polar surface area (TPSA) is 60.7 Å². The van der Waals surface area contributed by atoms with Crippen molar-refractivity contribution in [1.82, 2.24) is 9.13 Å². The maximum Gasteiger partial charge on any atom is 0.101 e. The maximum atomic E-state index is 11.3. The second-order valence-corrected chi connectivity index (χ2v) is 16.7. The Bertz CT molecular complexity index is 3700. The van der Waals surface area contributed by atoms with Gasteiger partial charge in [-0.2, -0.15) is 10.5 Å². The van der Waals surface area contributed by atoms with E-state index in [4.69, 9.17) is 0 Å². The van der Waals surface area contributed by atoms with Crippen molar-refractivity contribution < 1.29 is 0 Å². The smallest absolute Gasteiger partial charge is 0.101 e. The van der Waals surface area contributed by atoms with Gasteiger partial charge in [0.25, 0.3) is 0 Å². The van der Waals surface area contributed by atoms with Crippen molar-refractivity contribution in [3.63, 3.8) is 0 Å². The summed E-state index contributed by atoms with van der Waals surface area (Å²) >= 11 is 0. The minimum atomic E-state index is -0.350. The van der Waals surface area contributed by atoms with Crippen LogP contribution in [0.4, 0.5) is 17.1 Å². The standard InChI is InChI=1S/C57H37N5/c1-57(2)48-23-13-11-21-43(48)44-27-28-45-47-33-41(60(39-16-5-3-6-17-39)40-18-7-4-8-19-40)26-30-50(47)62(56(45)55(44)57)53-32-37(34-58)52(31-38(53)35-59)61-49-24-14-12-22-46(49)54-42-20-10-9-15-36(42)25-29-51(54)61/h3-33H,1-2H3. The maximum absolute atomic E-state index is 11.3. The van der Waals surface area contributed by atoms with Crippen LogP contribution in [0.25, 0.3) is 76.9 Å². The summed E-state index contributed by atoms with van der Waals surface area (Å²) in [7, 11) is 0. The summed E-state index contributed by atoms with van der Waals surface area (Å²) in [5, 5.41) is 29.1. The molecule has 0 fully saturated rings. The van der Waals surface area contributed by atoms with Crippen LogP contribution in [-0.2, 0) is 5.41 Å². The first-order valence-electron chi connectivity index (χ1n) is 21.0. The molecule has 290 valence electrons. The van der Waals surface area contributed by atoms with Gasteiger partial charge in [-0.3, -0.25) is 0 Å². The summed E-state index contributed by atoms with van der Waals surface area (Å²) in [6.45, 7) is 4.61. The molecule has 1 aliphatic carbocycles. The Labute approximate surface area is 358 Å². The van der Waals surface area contributed by atoms with Crippen LogP contribution in [0, 0.1) is 22.7 Å². The predicted molar refractivity (Wildman–Crippen MR) is 254 cm³/mol. The van der Waals surface area contributed by atoms with E-state index in [9.17, 15) is 10.5 Å². The summed E-state index contributed by atoms with van der Waals surface area (Å²) in [5.74, 6) is 0. The van der Waals surface area contributed by atoms with Crippen LogP contribution in [0.2, 0.25) is 0 Å². The number of para-hydroxylation sites is 3. The lowest BCUT2D eigenvalue weighted by atomic mass is 9.81. The number of hydrogen-bond acceptors (Lipinski definition) is 3. The molecule has 0 bridgehead atoms. The molecule has 1 aliphatic rings. The summed E-state index contributed by atoms with van der Waals surface area (Å²) in [4.78, 5) is 2.29. The van der Waals surface area contributed by atoms with Gasteiger partial charge in [0.1, 0.15) is 12.1 Å². The molecule has 62 heavy (non-hydrogen) atoms. The van der Waals surface area contributed by atoms with Gasteiger partial charge in [-0.1, -0.05) is 135 Å². The Morgan fingerprint density at radius 3 is 1.77 bits per heavy atom. The van der Waals surface area contributed by atoms with Crippen molar-refractivity contribution in [3.8, 4) is 34.6 Å². The number of anilines is 3. The van der Waals surface area contributed by atoms with Gasteiger partial charge in [0.2, 0.25) is 0 Å². The fourth-order valence-electron chi connectivity index (χ4n) is 10.5. The molecule has 0 radical (unpaired) electrons. The van der Waals surface area contributed by atoms with Crippen LogP contribution in [0.1, 0.15) is 36.1 Å². The Morgan fingerprint density at radius 2 is 1.05 bits per heavy atom. The zero-order valence-electron chi connectivity index (χ0n) is 34.1. The third-order valence-electron chi connectivity index (χ3n) is 13.1. The number of fused-ring (bicyclic) bond motifs is 12. The molecule has 2 aromatic heterocycles. The third kappa shape index (κ3) is 4.94. The van der Waals surface area contributed by atoms with Crippen molar-refractivity contribution in [2.45, 2.75) is 19.3 Å². The van der Waals surface area contributed by atoms with Gasteiger partial charge in [-0.05, 0) is 99.8 Å². The first-order chi connectivity index (χ1) is 30.5. The van der Waals surface area contributed by atoms with Gasteiger partial charge in [-0.25, -0.2) is 0 Å². The predicted octanol–water partition coefficient (Wildman–Crippen LogP) is 14.6. The molecule has 5 heteroatoms. The monoisotopic (exact) mass is 791 g/mol. The zero-order valence-corrected chi connectivity index (χ0v) is 34.1. The van der Waals surface area contributed by atoms with Gasteiger partial charge >= 0.3 is 0 Å². The van der Waals surface area contributed by atoms with Crippen LogP contribution in [-0.4, -0.2) is 9.13 Å². The number of nitrogens with zero attached hydrogens (tertiary/aromatic N) is 5. The van der Waals surface area contributed by atoms with E-state index in [2.05, 4.69) is 198 Å². The van der Waals surface area contributed by atoms with E-state index in [0.29, 0.717) is 22.5 Å². The summed E-state index contributed by atoms with van der Waals surface area (Å²) in [5.41, 5.74) is 13.9. The highest BCUT2D eigenvalue weighted by molar-refractivity contribution is 6.21. The molecular weight excluding hydrogens is 755 g/mol. The van der Waals surface area contributed by atoms with E-state index >= 15 is 0 Å². The first-order valence-corrected chi connectivity index (χ1v) is 21.0. The Balaban J connectivity index is 1.17. The molecule has 2 heterocycles. The fraction of sp³-hybridized carbons (Fsp3) is 0.0526. The molecule has 0 unspecified atom stereocenters. The lowest BCUT2D eigenvalue weighted by Gasteiger charge is -2.25. The van der Waals surface area contributed by atoms with E-state index in [1.807, 2.05) is 30.3 Å². The normalized spacial score (nSPS) is 12.8. The number of rotatable bonds is 5. The number of hydrogen-bond donors (Lipinski definition) is 0. The van der Waals surface area contributed by atoms with Gasteiger partial charge < -0.3 is 14.0 Å². The largest absolute Gasteiger partial charge is 0.310 e. The molecule has 0 aliphatic heterocycles.